The van der Waals surface area contributed by atoms with Crippen LogP contribution in [0.15, 0.2) is 29.4 Å². The minimum absolute atomic E-state index is 0.0137. The van der Waals surface area contributed by atoms with Crippen LogP contribution in [0.4, 0.5) is 5.82 Å². The van der Waals surface area contributed by atoms with Crippen molar-refractivity contribution in [3.05, 3.63) is 29.2 Å². The van der Waals surface area contributed by atoms with Gasteiger partial charge in [0, 0.05) is 10.8 Å². The smallest absolute Gasteiger partial charge is 0.198 e. The van der Waals surface area contributed by atoms with Gasteiger partial charge >= 0.3 is 0 Å². The predicted molar refractivity (Wildman–Crippen MR) is 45.4 cm³/mol. The normalized spacial score (nSPS) is 10.3. The molecular formula is C8H6N2O2. The van der Waals surface area contributed by atoms with Gasteiger partial charge in [-0.15, -0.1) is 4.91 Å². The Balaban J connectivity index is 2.91. The van der Waals surface area contributed by atoms with E-state index in [0.29, 0.717) is 10.8 Å². The number of rotatable bonds is 1. The number of benzene rings is 1. The summed E-state index contributed by atoms with van der Waals surface area (Å²) in [7, 11) is 0. The summed E-state index contributed by atoms with van der Waals surface area (Å²) < 4.78 is 0. The van der Waals surface area contributed by atoms with E-state index in [1.165, 1.54) is 0 Å². The molecule has 0 saturated carbocycles. The second-order valence-corrected chi connectivity index (χ2v) is 2.46. The van der Waals surface area contributed by atoms with Crippen LogP contribution in [0, 0.1) is 4.91 Å². The van der Waals surface area contributed by atoms with Gasteiger partial charge in [-0.3, -0.25) is 0 Å². The molecule has 0 saturated heterocycles. The van der Waals surface area contributed by atoms with Crippen LogP contribution in [0.2, 0.25) is 0 Å². The second kappa shape index (κ2) is 2.34. The van der Waals surface area contributed by atoms with Gasteiger partial charge in [0.25, 0.3) is 0 Å². The fourth-order valence-electron chi connectivity index (χ4n) is 1.21. The number of nitroso groups, excluding NO2 is 1. The SMILES string of the molecule is O=Nc1[nH]c(O)c2ccccc12. The second-order valence-electron chi connectivity index (χ2n) is 2.46. The molecule has 0 fully saturated rings. The average Bonchev–Trinajstić information content (AvgIpc) is 2.44. The van der Waals surface area contributed by atoms with E-state index in [-0.39, 0.29) is 11.7 Å². The molecule has 0 aliphatic heterocycles. The maximum atomic E-state index is 10.2. The minimum Gasteiger partial charge on any atom is -0.494 e. The maximum Gasteiger partial charge on any atom is 0.198 e. The number of aromatic nitrogens is 1. The van der Waals surface area contributed by atoms with Crippen LogP contribution in [-0.2, 0) is 0 Å². The van der Waals surface area contributed by atoms with Crippen molar-refractivity contribution in [2.75, 3.05) is 0 Å². The van der Waals surface area contributed by atoms with Crippen molar-refractivity contribution in [2.45, 2.75) is 0 Å². The number of nitrogens with zero attached hydrogens (tertiary/aromatic N) is 1. The molecule has 0 amide bonds. The Bertz CT molecular complexity index is 434. The standard InChI is InChI=1S/C8H6N2O2/c11-8-6-4-2-1-3-5(6)7(9-8)10-12/h1-4,9,11H. The van der Waals surface area contributed by atoms with E-state index < -0.39 is 0 Å². The summed E-state index contributed by atoms with van der Waals surface area (Å²) in [5.74, 6) is 0.156. The number of H-pyrrole nitrogens is 1. The molecule has 4 heteroatoms. The highest BCUT2D eigenvalue weighted by atomic mass is 16.3. The fraction of sp³-hybridized carbons (Fsp3) is 0. The quantitative estimate of drug-likeness (QED) is 0.631. The van der Waals surface area contributed by atoms with E-state index >= 15 is 0 Å². The Hall–Kier alpha value is -1.84. The van der Waals surface area contributed by atoms with Gasteiger partial charge in [-0.25, -0.2) is 0 Å². The molecule has 60 valence electrons. The molecule has 2 rings (SSSR count). The molecule has 0 radical (unpaired) electrons. The monoisotopic (exact) mass is 162 g/mol. The number of fused-ring (bicyclic) bond motifs is 1. The average molecular weight is 162 g/mol. The summed E-state index contributed by atoms with van der Waals surface area (Å²) >= 11 is 0. The van der Waals surface area contributed by atoms with Crippen molar-refractivity contribution in [2.24, 2.45) is 5.18 Å². The minimum atomic E-state index is -0.0137. The number of nitrogens with one attached hydrogen (secondary N) is 1. The summed E-state index contributed by atoms with van der Waals surface area (Å²) in [5.41, 5.74) is 0. The molecule has 0 aliphatic rings. The van der Waals surface area contributed by atoms with E-state index in [4.69, 9.17) is 0 Å². The lowest BCUT2D eigenvalue weighted by atomic mass is 10.2. The largest absolute Gasteiger partial charge is 0.494 e. The van der Waals surface area contributed by atoms with E-state index in [2.05, 4.69) is 10.2 Å². The molecule has 0 unspecified atom stereocenters. The highest BCUT2D eigenvalue weighted by Crippen LogP contribution is 2.31. The Labute approximate surface area is 67.8 Å². The Morgan fingerprint density at radius 1 is 1.25 bits per heavy atom. The summed E-state index contributed by atoms with van der Waals surface area (Å²) in [4.78, 5) is 12.7. The van der Waals surface area contributed by atoms with Crippen LogP contribution in [-0.4, -0.2) is 10.1 Å². The Morgan fingerprint density at radius 2 is 1.92 bits per heavy atom. The summed E-state index contributed by atoms with van der Waals surface area (Å²) in [5, 5.41) is 13.3. The highest BCUT2D eigenvalue weighted by molar-refractivity contribution is 5.95. The zero-order valence-electron chi connectivity index (χ0n) is 6.11. The lowest BCUT2D eigenvalue weighted by Gasteiger charge is -1.86. The lowest BCUT2D eigenvalue weighted by molar-refractivity contribution is 0.463. The van der Waals surface area contributed by atoms with Crippen LogP contribution in [0.5, 0.6) is 5.88 Å². The first-order valence-corrected chi connectivity index (χ1v) is 3.46. The van der Waals surface area contributed by atoms with Gasteiger partial charge < -0.3 is 10.1 Å². The number of hydrogen-bond acceptors (Lipinski definition) is 3. The molecule has 0 bridgehead atoms. The molecule has 0 spiro atoms. The van der Waals surface area contributed by atoms with Crippen molar-refractivity contribution in [3.8, 4) is 5.88 Å². The third-order valence-electron chi connectivity index (χ3n) is 1.77. The summed E-state index contributed by atoms with van der Waals surface area (Å²) in [6.45, 7) is 0. The van der Waals surface area contributed by atoms with Crippen molar-refractivity contribution >= 4 is 16.6 Å². The third-order valence-corrected chi connectivity index (χ3v) is 1.77. The van der Waals surface area contributed by atoms with Gasteiger partial charge in [-0.1, -0.05) is 18.2 Å². The fourth-order valence-corrected chi connectivity index (χ4v) is 1.21. The zero-order chi connectivity index (χ0) is 8.55. The first kappa shape index (κ1) is 6.84. The van der Waals surface area contributed by atoms with Gasteiger partial charge in [0.05, 0.1) is 0 Å². The zero-order valence-corrected chi connectivity index (χ0v) is 6.11. The molecule has 1 heterocycles. The number of hydrogen-bond donors (Lipinski definition) is 2. The van der Waals surface area contributed by atoms with Crippen LogP contribution in [0.1, 0.15) is 0 Å². The first-order chi connectivity index (χ1) is 5.83. The molecule has 4 nitrogen and oxygen atoms in total. The third kappa shape index (κ3) is 0.780. The van der Waals surface area contributed by atoms with Crippen LogP contribution in [0.25, 0.3) is 10.8 Å². The van der Waals surface area contributed by atoms with Gasteiger partial charge in [0.15, 0.2) is 11.7 Å². The Morgan fingerprint density at radius 3 is 2.58 bits per heavy atom. The van der Waals surface area contributed by atoms with Crippen molar-refractivity contribution in [1.82, 2.24) is 4.98 Å². The predicted octanol–water partition coefficient (Wildman–Crippen LogP) is 2.27. The molecule has 0 atom stereocenters. The Kier molecular flexibility index (Phi) is 1.33. The summed E-state index contributed by atoms with van der Waals surface area (Å²) in [6.07, 6.45) is 0. The van der Waals surface area contributed by atoms with E-state index in [1.54, 1.807) is 24.3 Å². The van der Waals surface area contributed by atoms with Crippen LogP contribution < -0.4 is 0 Å². The van der Waals surface area contributed by atoms with Gasteiger partial charge in [0.2, 0.25) is 0 Å². The molecule has 2 aromatic rings. The number of aromatic amines is 1. The van der Waals surface area contributed by atoms with E-state index in [1.807, 2.05) is 0 Å². The molecule has 1 aromatic heterocycles. The molecule has 12 heavy (non-hydrogen) atoms. The molecular weight excluding hydrogens is 156 g/mol. The first-order valence-electron chi connectivity index (χ1n) is 3.46. The van der Waals surface area contributed by atoms with Crippen LogP contribution >= 0.6 is 0 Å². The molecule has 1 aromatic carbocycles. The van der Waals surface area contributed by atoms with E-state index in [0.717, 1.165) is 0 Å². The molecule has 0 aliphatic carbocycles. The van der Waals surface area contributed by atoms with Crippen molar-refractivity contribution in [1.29, 1.82) is 0 Å². The van der Waals surface area contributed by atoms with Crippen molar-refractivity contribution in [3.63, 3.8) is 0 Å². The lowest BCUT2D eigenvalue weighted by Crippen LogP contribution is -1.61. The van der Waals surface area contributed by atoms with Crippen LogP contribution in [0.3, 0.4) is 0 Å². The van der Waals surface area contributed by atoms with E-state index in [9.17, 15) is 10.0 Å². The maximum absolute atomic E-state index is 10.2. The summed E-state index contributed by atoms with van der Waals surface area (Å²) in [6, 6.07) is 7.01. The number of aromatic hydroxyl groups is 1. The van der Waals surface area contributed by atoms with Gasteiger partial charge in [-0.05, 0) is 11.2 Å². The highest BCUT2D eigenvalue weighted by Gasteiger charge is 2.07. The van der Waals surface area contributed by atoms with Crippen molar-refractivity contribution < 1.29 is 5.11 Å². The van der Waals surface area contributed by atoms with Gasteiger partial charge in [0.1, 0.15) is 0 Å². The molecule has 2 N–H and O–H groups in total. The topological polar surface area (TPSA) is 65.5 Å². The van der Waals surface area contributed by atoms with Gasteiger partial charge in [-0.2, -0.15) is 0 Å².